The molecule has 2 rings (SSSR count). The first-order chi connectivity index (χ1) is 7.58. The zero-order valence-electron chi connectivity index (χ0n) is 9.65. The van der Waals surface area contributed by atoms with Gasteiger partial charge in [0.1, 0.15) is 5.69 Å². The number of halogens is 2. The molecule has 1 amide bonds. The van der Waals surface area contributed by atoms with Crippen molar-refractivity contribution in [3.8, 4) is 0 Å². The van der Waals surface area contributed by atoms with Crippen LogP contribution in [0.2, 0.25) is 5.02 Å². The number of aromatic nitrogens is 1. The van der Waals surface area contributed by atoms with Gasteiger partial charge in [-0.1, -0.05) is 11.6 Å². The predicted octanol–water partition coefficient (Wildman–Crippen LogP) is 1.90. The van der Waals surface area contributed by atoms with Crippen LogP contribution >= 0.6 is 24.0 Å². The third-order valence-corrected chi connectivity index (χ3v) is 3.35. The molecule has 1 aliphatic rings. The molecule has 0 bridgehead atoms. The lowest BCUT2D eigenvalue weighted by Crippen LogP contribution is -2.33. The Balaban J connectivity index is 0.00000144. The van der Waals surface area contributed by atoms with Gasteiger partial charge in [0, 0.05) is 25.3 Å². The molecule has 3 N–H and O–H groups in total. The highest BCUT2D eigenvalue weighted by Crippen LogP contribution is 2.21. The van der Waals surface area contributed by atoms with Crippen LogP contribution in [0.3, 0.4) is 0 Å². The summed E-state index contributed by atoms with van der Waals surface area (Å²) in [6.07, 6.45) is 2.60. The fraction of sp³-hybridized carbons (Fsp3) is 0.545. The van der Waals surface area contributed by atoms with Crippen molar-refractivity contribution in [1.29, 1.82) is 0 Å². The number of nitrogens with zero attached hydrogens (tertiary/aromatic N) is 1. The Morgan fingerprint density at radius 1 is 1.71 bits per heavy atom. The lowest BCUT2D eigenvalue weighted by molar-refractivity contribution is 0.0781. The molecule has 0 spiro atoms. The maximum atomic E-state index is 12.0. The van der Waals surface area contributed by atoms with Crippen molar-refractivity contribution in [2.45, 2.75) is 19.4 Å². The molecule has 2 unspecified atom stereocenters. The Bertz CT molecular complexity index is 392. The normalized spacial score (nSPS) is 21.1. The molecule has 0 saturated carbocycles. The van der Waals surface area contributed by atoms with Gasteiger partial charge in [0.25, 0.3) is 5.91 Å². The van der Waals surface area contributed by atoms with Crippen LogP contribution in [-0.2, 0) is 0 Å². The maximum absolute atomic E-state index is 12.0. The van der Waals surface area contributed by atoms with Crippen LogP contribution in [0.4, 0.5) is 0 Å². The van der Waals surface area contributed by atoms with Gasteiger partial charge in [-0.2, -0.15) is 0 Å². The van der Waals surface area contributed by atoms with Gasteiger partial charge in [-0.15, -0.1) is 12.4 Å². The average molecular weight is 278 g/mol. The van der Waals surface area contributed by atoms with E-state index in [0.717, 1.165) is 19.5 Å². The SMILES string of the molecule is CC(N)C1CCN(C(=O)c2cc(Cl)c[nH]2)C1.Cl. The van der Waals surface area contributed by atoms with E-state index in [1.54, 1.807) is 12.3 Å². The number of nitrogens with one attached hydrogen (secondary N) is 1. The van der Waals surface area contributed by atoms with Gasteiger partial charge in [0.05, 0.1) is 5.02 Å². The van der Waals surface area contributed by atoms with Gasteiger partial charge < -0.3 is 15.6 Å². The summed E-state index contributed by atoms with van der Waals surface area (Å²) in [4.78, 5) is 16.7. The third kappa shape index (κ3) is 3.15. The largest absolute Gasteiger partial charge is 0.356 e. The summed E-state index contributed by atoms with van der Waals surface area (Å²) >= 11 is 5.77. The molecular formula is C11H17Cl2N3O. The molecule has 6 heteroatoms. The minimum Gasteiger partial charge on any atom is -0.356 e. The van der Waals surface area contributed by atoms with Crippen LogP contribution in [0.25, 0.3) is 0 Å². The Hall–Kier alpha value is -0.710. The molecule has 4 nitrogen and oxygen atoms in total. The van der Waals surface area contributed by atoms with E-state index in [1.165, 1.54) is 0 Å². The molecule has 1 saturated heterocycles. The lowest BCUT2D eigenvalue weighted by Gasteiger charge is -2.17. The summed E-state index contributed by atoms with van der Waals surface area (Å²) in [6, 6.07) is 1.80. The Kier molecular flexibility index (Phi) is 4.86. The van der Waals surface area contributed by atoms with Gasteiger partial charge in [0.15, 0.2) is 0 Å². The Labute approximate surface area is 112 Å². The molecular weight excluding hydrogens is 261 g/mol. The van der Waals surface area contributed by atoms with E-state index < -0.39 is 0 Å². The second-order valence-corrected chi connectivity index (χ2v) is 4.83. The molecule has 0 aliphatic carbocycles. The zero-order valence-corrected chi connectivity index (χ0v) is 11.2. The van der Waals surface area contributed by atoms with Crippen molar-refractivity contribution in [2.24, 2.45) is 11.7 Å². The Morgan fingerprint density at radius 2 is 2.41 bits per heavy atom. The number of hydrogen-bond donors (Lipinski definition) is 2. The summed E-state index contributed by atoms with van der Waals surface area (Å²) < 4.78 is 0. The van der Waals surface area contributed by atoms with E-state index in [9.17, 15) is 4.79 Å². The first kappa shape index (κ1) is 14.4. The van der Waals surface area contributed by atoms with E-state index >= 15 is 0 Å². The molecule has 2 heterocycles. The molecule has 17 heavy (non-hydrogen) atoms. The average Bonchev–Trinajstić information content (AvgIpc) is 2.84. The number of H-pyrrole nitrogens is 1. The number of nitrogens with two attached hydrogens (primary N) is 1. The second kappa shape index (κ2) is 5.76. The Morgan fingerprint density at radius 3 is 2.88 bits per heavy atom. The van der Waals surface area contributed by atoms with Crippen LogP contribution < -0.4 is 5.73 Å². The molecule has 1 aromatic rings. The van der Waals surface area contributed by atoms with Crippen molar-refractivity contribution in [2.75, 3.05) is 13.1 Å². The summed E-state index contributed by atoms with van der Waals surface area (Å²) in [6.45, 7) is 3.51. The summed E-state index contributed by atoms with van der Waals surface area (Å²) in [7, 11) is 0. The standard InChI is InChI=1S/C11H16ClN3O.ClH/c1-7(13)8-2-3-15(6-8)11(16)10-4-9(12)5-14-10;/h4-5,7-8,14H,2-3,6,13H2,1H3;1H. The van der Waals surface area contributed by atoms with Crippen molar-refractivity contribution in [3.05, 3.63) is 23.0 Å². The van der Waals surface area contributed by atoms with Crippen molar-refractivity contribution in [3.63, 3.8) is 0 Å². The van der Waals surface area contributed by atoms with Gasteiger partial charge in [0.2, 0.25) is 0 Å². The van der Waals surface area contributed by atoms with E-state index in [2.05, 4.69) is 4.98 Å². The van der Waals surface area contributed by atoms with E-state index in [4.69, 9.17) is 17.3 Å². The highest BCUT2D eigenvalue weighted by molar-refractivity contribution is 6.30. The number of amides is 1. The van der Waals surface area contributed by atoms with Crippen molar-refractivity contribution >= 4 is 29.9 Å². The fourth-order valence-corrected chi connectivity index (χ4v) is 2.23. The van der Waals surface area contributed by atoms with Crippen LogP contribution in [-0.4, -0.2) is 34.9 Å². The van der Waals surface area contributed by atoms with Gasteiger partial charge >= 0.3 is 0 Å². The molecule has 96 valence electrons. The minimum atomic E-state index is 0. The number of carbonyl (C=O) groups excluding carboxylic acids is 1. The van der Waals surface area contributed by atoms with Crippen LogP contribution in [0.5, 0.6) is 0 Å². The monoisotopic (exact) mass is 277 g/mol. The summed E-state index contributed by atoms with van der Waals surface area (Å²) in [5, 5.41) is 0.561. The third-order valence-electron chi connectivity index (χ3n) is 3.13. The summed E-state index contributed by atoms with van der Waals surface area (Å²) in [5.41, 5.74) is 6.39. The number of carbonyl (C=O) groups is 1. The first-order valence-corrected chi connectivity index (χ1v) is 5.84. The van der Waals surface area contributed by atoms with E-state index in [-0.39, 0.29) is 24.4 Å². The predicted molar refractivity (Wildman–Crippen MR) is 70.7 cm³/mol. The van der Waals surface area contributed by atoms with Gasteiger partial charge in [-0.25, -0.2) is 0 Å². The number of likely N-dealkylation sites (tertiary alicyclic amines) is 1. The number of hydrogen-bond acceptors (Lipinski definition) is 2. The molecule has 1 aromatic heterocycles. The molecule has 0 aromatic carbocycles. The quantitative estimate of drug-likeness (QED) is 0.868. The smallest absolute Gasteiger partial charge is 0.270 e. The van der Waals surface area contributed by atoms with Crippen LogP contribution in [0, 0.1) is 5.92 Å². The second-order valence-electron chi connectivity index (χ2n) is 4.39. The van der Waals surface area contributed by atoms with Gasteiger partial charge in [-0.3, -0.25) is 4.79 Å². The molecule has 2 atom stereocenters. The zero-order chi connectivity index (χ0) is 11.7. The first-order valence-electron chi connectivity index (χ1n) is 5.46. The molecule has 1 fully saturated rings. The highest BCUT2D eigenvalue weighted by atomic mass is 35.5. The van der Waals surface area contributed by atoms with E-state index in [1.807, 2.05) is 11.8 Å². The fourth-order valence-electron chi connectivity index (χ4n) is 2.06. The minimum absolute atomic E-state index is 0. The number of aromatic amines is 1. The van der Waals surface area contributed by atoms with Crippen molar-refractivity contribution < 1.29 is 4.79 Å². The maximum Gasteiger partial charge on any atom is 0.270 e. The van der Waals surface area contributed by atoms with Gasteiger partial charge in [-0.05, 0) is 25.3 Å². The highest BCUT2D eigenvalue weighted by Gasteiger charge is 2.29. The van der Waals surface area contributed by atoms with Crippen LogP contribution in [0.1, 0.15) is 23.8 Å². The topological polar surface area (TPSA) is 62.1 Å². The lowest BCUT2D eigenvalue weighted by atomic mass is 10.0. The van der Waals surface area contributed by atoms with Crippen LogP contribution in [0.15, 0.2) is 12.3 Å². The molecule has 0 radical (unpaired) electrons. The van der Waals surface area contributed by atoms with E-state index in [0.29, 0.717) is 16.6 Å². The summed E-state index contributed by atoms with van der Waals surface area (Å²) in [5.74, 6) is 0.421. The van der Waals surface area contributed by atoms with Crippen molar-refractivity contribution in [1.82, 2.24) is 9.88 Å². The molecule has 1 aliphatic heterocycles. The number of rotatable bonds is 2.